The highest BCUT2D eigenvalue weighted by molar-refractivity contribution is 6.30. The van der Waals surface area contributed by atoms with Gasteiger partial charge in [-0.1, -0.05) is 54.1 Å². The molecule has 0 atom stereocenters. The average Bonchev–Trinajstić information content (AvgIpc) is 3.29. The summed E-state index contributed by atoms with van der Waals surface area (Å²) in [6.45, 7) is 0.994. The molecule has 1 N–H and O–H groups in total. The number of nitrogens with zero attached hydrogens (tertiary/aromatic N) is 4. The third-order valence-corrected chi connectivity index (χ3v) is 5.88. The van der Waals surface area contributed by atoms with Crippen LogP contribution in [0.2, 0.25) is 5.02 Å². The number of nitrogens with one attached hydrogen (secondary N) is 1. The first-order valence-electron chi connectivity index (χ1n) is 11.1. The molecule has 0 aliphatic carbocycles. The van der Waals surface area contributed by atoms with E-state index >= 15 is 0 Å². The Hall–Kier alpha value is -4.17. The second-order valence-corrected chi connectivity index (χ2v) is 8.49. The smallest absolute Gasteiger partial charge is 0.264 e. The number of fused-ring (bicyclic) bond motifs is 2. The zero-order valence-electron chi connectivity index (χ0n) is 18.7. The first-order chi connectivity index (χ1) is 17.1. The molecule has 0 fully saturated rings. The molecule has 0 spiro atoms. The standard InChI is InChI=1S/C26H22ClN5O3/c27-21-8-5-18(6-9-21)15-31-17-29-25-23(26(31)34)14-30-32(25)12-11-28-24(33)16-35-22-10-7-19-3-1-2-4-20(19)13-22/h1-10,13-14,17H,11-12,15-16H2,(H,28,33). The zero-order valence-corrected chi connectivity index (χ0v) is 19.5. The summed E-state index contributed by atoms with van der Waals surface area (Å²) >= 11 is 5.93. The quantitative estimate of drug-likeness (QED) is 0.361. The molecule has 9 heteroatoms. The van der Waals surface area contributed by atoms with Gasteiger partial charge in [-0.25, -0.2) is 9.67 Å². The number of amides is 1. The summed E-state index contributed by atoms with van der Waals surface area (Å²) in [6, 6.07) is 21.0. The van der Waals surface area contributed by atoms with Crippen LogP contribution in [0.4, 0.5) is 0 Å². The minimum Gasteiger partial charge on any atom is -0.484 e. The largest absolute Gasteiger partial charge is 0.484 e. The summed E-state index contributed by atoms with van der Waals surface area (Å²) in [7, 11) is 0. The average molecular weight is 488 g/mol. The highest BCUT2D eigenvalue weighted by Crippen LogP contribution is 2.20. The minimum absolute atomic E-state index is 0.0914. The fourth-order valence-corrected chi connectivity index (χ4v) is 3.94. The monoisotopic (exact) mass is 487 g/mol. The van der Waals surface area contributed by atoms with Crippen molar-refractivity contribution in [3.63, 3.8) is 0 Å². The van der Waals surface area contributed by atoms with Gasteiger partial charge in [0.15, 0.2) is 12.3 Å². The molecule has 2 heterocycles. The van der Waals surface area contributed by atoms with Gasteiger partial charge in [0.1, 0.15) is 17.5 Å². The number of carbonyl (C=O) groups excluding carboxylic acids is 1. The van der Waals surface area contributed by atoms with Crippen molar-refractivity contribution in [2.75, 3.05) is 13.2 Å². The Kier molecular flexibility index (Phi) is 6.45. The van der Waals surface area contributed by atoms with Gasteiger partial charge in [0.2, 0.25) is 0 Å². The number of ether oxygens (including phenoxy) is 1. The van der Waals surface area contributed by atoms with Gasteiger partial charge in [-0.15, -0.1) is 0 Å². The van der Waals surface area contributed by atoms with Crippen molar-refractivity contribution in [1.82, 2.24) is 24.6 Å². The van der Waals surface area contributed by atoms with Gasteiger partial charge in [0.05, 0.1) is 19.3 Å². The third kappa shape index (κ3) is 5.17. The Morgan fingerprint density at radius 2 is 1.83 bits per heavy atom. The number of hydrogen-bond acceptors (Lipinski definition) is 5. The van der Waals surface area contributed by atoms with Crippen LogP contribution in [0.3, 0.4) is 0 Å². The van der Waals surface area contributed by atoms with Gasteiger partial charge in [-0.05, 0) is 40.6 Å². The molecule has 0 radical (unpaired) electrons. The molecule has 0 unspecified atom stereocenters. The zero-order chi connectivity index (χ0) is 24.2. The Balaban J connectivity index is 1.16. The molecular weight excluding hydrogens is 466 g/mol. The number of rotatable bonds is 8. The van der Waals surface area contributed by atoms with Crippen LogP contribution < -0.4 is 15.6 Å². The van der Waals surface area contributed by atoms with E-state index in [1.54, 1.807) is 16.8 Å². The minimum atomic E-state index is -0.243. The van der Waals surface area contributed by atoms with Crippen LogP contribution in [0.5, 0.6) is 5.75 Å². The van der Waals surface area contributed by atoms with Crippen molar-refractivity contribution < 1.29 is 9.53 Å². The van der Waals surface area contributed by atoms with Gasteiger partial charge >= 0.3 is 0 Å². The maximum absolute atomic E-state index is 12.9. The predicted molar refractivity (Wildman–Crippen MR) is 135 cm³/mol. The molecular formula is C26H22ClN5O3. The number of aromatic nitrogens is 4. The maximum Gasteiger partial charge on any atom is 0.264 e. The van der Waals surface area contributed by atoms with E-state index < -0.39 is 0 Å². The van der Waals surface area contributed by atoms with Gasteiger partial charge < -0.3 is 10.1 Å². The van der Waals surface area contributed by atoms with E-state index in [0.717, 1.165) is 16.3 Å². The van der Waals surface area contributed by atoms with Crippen molar-refractivity contribution >= 4 is 39.3 Å². The van der Waals surface area contributed by atoms with Gasteiger partial charge in [0, 0.05) is 11.6 Å². The molecule has 8 nitrogen and oxygen atoms in total. The van der Waals surface area contributed by atoms with E-state index in [1.165, 1.54) is 17.1 Å². The van der Waals surface area contributed by atoms with Crippen LogP contribution in [0.25, 0.3) is 21.8 Å². The van der Waals surface area contributed by atoms with Crippen LogP contribution in [0.1, 0.15) is 5.56 Å². The van der Waals surface area contributed by atoms with Gasteiger partial charge in [0.25, 0.3) is 11.5 Å². The lowest BCUT2D eigenvalue weighted by Gasteiger charge is -2.09. The molecule has 176 valence electrons. The van der Waals surface area contributed by atoms with Crippen molar-refractivity contribution in [2.24, 2.45) is 0 Å². The van der Waals surface area contributed by atoms with Crippen LogP contribution in [0.15, 0.2) is 84.0 Å². The number of halogens is 1. The summed E-state index contributed by atoms with van der Waals surface area (Å²) in [6.07, 6.45) is 3.02. The van der Waals surface area contributed by atoms with Crippen molar-refractivity contribution in [3.05, 3.63) is 100 Å². The van der Waals surface area contributed by atoms with E-state index in [1.807, 2.05) is 54.6 Å². The maximum atomic E-state index is 12.9. The van der Waals surface area contributed by atoms with Gasteiger partial charge in [-0.3, -0.25) is 14.2 Å². The summed E-state index contributed by atoms with van der Waals surface area (Å²) in [4.78, 5) is 29.5. The fraction of sp³-hybridized carbons (Fsp3) is 0.154. The summed E-state index contributed by atoms with van der Waals surface area (Å²) < 4.78 is 8.76. The van der Waals surface area contributed by atoms with E-state index in [2.05, 4.69) is 15.4 Å². The second-order valence-electron chi connectivity index (χ2n) is 8.06. The Morgan fingerprint density at radius 3 is 2.66 bits per heavy atom. The Morgan fingerprint density at radius 1 is 1.03 bits per heavy atom. The molecule has 35 heavy (non-hydrogen) atoms. The molecule has 5 aromatic rings. The SMILES string of the molecule is O=C(COc1ccc2ccccc2c1)NCCn1ncc2c(=O)n(Cc3ccc(Cl)cc3)cnc21. The molecule has 1 amide bonds. The van der Waals surface area contributed by atoms with Crippen LogP contribution in [-0.4, -0.2) is 38.4 Å². The molecule has 5 rings (SSSR count). The van der Waals surface area contributed by atoms with Crippen LogP contribution >= 0.6 is 11.6 Å². The number of benzene rings is 3. The predicted octanol–water partition coefficient (Wildman–Crippen LogP) is 3.64. The van der Waals surface area contributed by atoms with E-state index in [9.17, 15) is 9.59 Å². The third-order valence-electron chi connectivity index (χ3n) is 5.63. The summed E-state index contributed by atoms with van der Waals surface area (Å²) in [5.74, 6) is 0.392. The van der Waals surface area contributed by atoms with E-state index in [4.69, 9.17) is 16.3 Å². The van der Waals surface area contributed by atoms with E-state index in [-0.39, 0.29) is 18.1 Å². The highest BCUT2D eigenvalue weighted by Gasteiger charge is 2.11. The molecule has 0 saturated carbocycles. The molecule has 2 aromatic heterocycles. The summed E-state index contributed by atoms with van der Waals surface area (Å²) in [5.41, 5.74) is 1.24. The molecule has 0 aliphatic heterocycles. The lowest BCUT2D eigenvalue weighted by Crippen LogP contribution is -2.31. The van der Waals surface area contributed by atoms with Crippen molar-refractivity contribution in [3.8, 4) is 5.75 Å². The fourth-order valence-electron chi connectivity index (χ4n) is 3.82. The van der Waals surface area contributed by atoms with Crippen LogP contribution in [-0.2, 0) is 17.9 Å². The molecule has 0 aliphatic rings. The number of carbonyl (C=O) groups is 1. The molecule has 0 saturated heterocycles. The van der Waals surface area contributed by atoms with Gasteiger partial charge in [-0.2, -0.15) is 5.10 Å². The lowest BCUT2D eigenvalue weighted by molar-refractivity contribution is -0.123. The first kappa shape index (κ1) is 22.6. The van der Waals surface area contributed by atoms with E-state index in [0.29, 0.717) is 41.4 Å². The molecule has 3 aromatic carbocycles. The first-order valence-corrected chi connectivity index (χ1v) is 11.5. The van der Waals surface area contributed by atoms with Crippen LogP contribution in [0, 0.1) is 0 Å². The normalized spacial score (nSPS) is 11.1. The second kappa shape index (κ2) is 9.99. The number of hydrogen-bond donors (Lipinski definition) is 1. The molecule has 0 bridgehead atoms. The highest BCUT2D eigenvalue weighted by atomic mass is 35.5. The summed E-state index contributed by atoms with van der Waals surface area (Å²) in [5, 5.41) is 10.3. The Labute approximate surface area is 205 Å². The lowest BCUT2D eigenvalue weighted by atomic mass is 10.1. The topological polar surface area (TPSA) is 91.0 Å². The van der Waals surface area contributed by atoms with Crippen molar-refractivity contribution in [2.45, 2.75) is 13.1 Å². The van der Waals surface area contributed by atoms with Crippen molar-refractivity contribution in [1.29, 1.82) is 0 Å². The Bertz CT molecular complexity index is 1560.